The molecular weight excluding hydrogens is 520 g/mol. The quantitative estimate of drug-likeness (QED) is 0.303. The number of aromatic nitrogens is 1. The van der Waals surface area contributed by atoms with Crippen LogP contribution in [0.2, 0.25) is 0 Å². The minimum Gasteiger partial charge on any atom is -0.465 e. The van der Waals surface area contributed by atoms with E-state index in [1.165, 1.54) is 7.11 Å². The van der Waals surface area contributed by atoms with E-state index in [2.05, 4.69) is 21.9 Å². The first-order valence-corrected chi connectivity index (χ1v) is 14.1. The monoisotopic (exact) mass is 554 g/mol. The number of aryl methyl sites for hydroxylation is 1. The first kappa shape index (κ1) is 26.8. The maximum absolute atomic E-state index is 14.1. The van der Waals surface area contributed by atoms with E-state index in [9.17, 15) is 14.4 Å². The standard InChI is InChI=1S/C32H34N4O5/c1-40-29(37)25-10-7-9-24(21-25)22-34-23-36(26-11-3-2-4-12-26)32(30(34)38)15-19-33(20-16-32)17-8-18-35-27-13-5-6-14-28(27)41-31(35)39/h2-7,9-14,21H,8,15-20,22-23H2,1H3. The molecule has 0 unspecified atom stereocenters. The Morgan fingerprint density at radius 2 is 1.68 bits per heavy atom. The third-order valence-electron chi connectivity index (χ3n) is 8.42. The molecule has 2 saturated heterocycles. The first-order valence-electron chi connectivity index (χ1n) is 14.1. The van der Waals surface area contributed by atoms with Gasteiger partial charge in [-0.15, -0.1) is 0 Å². The lowest BCUT2D eigenvalue weighted by Gasteiger charge is -2.43. The first-order chi connectivity index (χ1) is 20.0. The van der Waals surface area contributed by atoms with Gasteiger partial charge in [0.15, 0.2) is 5.58 Å². The fourth-order valence-corrected chi connectivity index (χ4v) is 6.28. The predicted octanol–water partition coefficient (Wildman–Crippen LogP) is 4.11. The molecule has 6 rings (SSSR count). The van der Waals surface area contributed by atoms with Gasteiger partial charge < -0.3 is 23.9 Å². The maximum Gasteiger partial charge on any atom is 0.419 e. The number of hydrogen-bond acceptors (Lipinski definition) is 7. The Morgan fingerprint density at radius 1 is 0.927 bits per heavy atom. The van der Waals surface area contributed by atoms with Crippen molar-refractivity contribution in [3.8, 4) is 0 Å². The zero-order valence-corrected chi connectivity index (χ0v) is 23.2. The van der Waals surface area contributed by atoms with Crippen LogP contribution in [0.5, 0.6) is 0 Å². The molecule has 0 radical (unpaired) electrons. The number of nitrogens with zero attached hydrogens (tertiary/aromatic N) is 4. The number of methoxy groups -OCH3 is 1. The number of ether oxygens (including phenoxy) is 1. The van der Waals surface area contributed by atoms with Crippen molar-refractivity contribution in [3.05, 3.63) is 101 Å². The summed E-state index contributed by atoms with van der Waals surface area (Å²) in [5.74, 6) is -0.586. The number of benzene rings is 3. The predicted molar refractivity (Wildman–Crippen MR) is 156 cm³/mol. The molecule has 41 heavy (non-hydrogen) atoms. The van der Waals surface area contributed by atoms with Gasteiger partial charge >= 0.3 is 11.7 Å². The molecule has 0 atom stereocenters. The second kappa shape index (κ2) is 11.2. The summed E-state index contributed by atoms with van der Waals surface area (Å²) in [6.07, 6.45) is 2.25. The summed E-state index contributed by atoms with van der Waals surface area (Å²) in [7, 11) is 1.37. The Balaban J connectivity index is 1.15. The smallest absolute Gasteiger partial charge is 0.419 e. The summed E-state index contributed by atoms with van der Waals surface area (Å²) >= 11 is 0. The molecule has 4 aromatic rings. The number of amides is 1. The largest absolute Gasteiger partial charge is 0.465 e. The number of likely N-dealkylation sites (tertiary alicyclic amines) is 1. The Bertz CT molecular complexity index is 1600. The number of rotatable bonds is 8. The Labute approximate surface area is 238 Å². The van der Waals surface area contributed by atoms with Crippen LogP contribution in [0.15, 0.2) is 88.1 Å². The summed E-state index contributed by atoms with van der Waals surface area (Å²) < 4.78 is 11.9. The van der Waals surface area contributed by atoms with Gasteiger partial charge in [-0.05, 0) is 67.8 Å². The highest BCUT2D eigenvalue weighted by molar-refractivity contribution is 5.94. The van der Waals surface area contributed by atoms with Crippen LogP contribution in [-0.2, 0) is 22.6 Å². The van der Waals surface area contributed by atoms with Gasteiger partial charge in [-0.1, -0.05) is 42.5 Å². The average molecular weight is 555 g/mol. The fraction of sp³-hybridized carbons (Fsp3) is 0.344. The number of piperidine rings is 1. The van der Waals surface area contributed by atoms with E-state index in [1.807, 2.05) is 59.5 Å². The van der Waals surface area contributed by atoms with Crippen molar-refractivity contribution in [1.82, 2.24) is 14.4 Å². The highest BCUT2D eigenvalue weighted by Crippen LogP contribution is 2.40. The summed E-state index contributed by atoms with van der Waals surface area (Å²) in [6.45, 7) is 3.92. The second-order valence-corrected chi connectivity index (χ2v) is 10.8. The van der Waals surface area contributed by atoms with Crippen molar-refractivity contribution in [2.75, 3.05) is 38.3 Å². The Morgan fingerprint density at radius 3 is 2.46 bits per heavy atom. The van der Waals surface area contributed by atoms with Crippen LogP contribution in [0.3, 0.4) is 0 Å². The van der Waals surface area contributed by atoms with E-state index < -0.39 is 5.54 Å². The van der Waals surface area contributed by atoms with E-state index in [-0.39, 0.29) is 17.6 Å². The van der Waals surface area contributed by atoms with Crippen LogP contribution in [0.4, 0.5) is 5.69 Å². The molecule has 0 aliphatic carbocycles. The van der Waals surface area contributed by atoms with Gasteiger partial charge in [0.1, 0.15) is 5.54 Å². The van der Waals surface area contributed by atoms with E-state index in [0.29, 0.717) is 43.7 Å². The average Bonchev–Trinajstić information content (AvgIpc) is 3.47. The van der Waals surface area contributed by atoms with Crippen LogP contribution in [0.25, 0.3) is 11.1 Å². The second-order valence-electron chi connectivity index (χ2n) is 10.8. The van der Waals surface area contributed by atoms with Crippen LogP contribution < -0.4 is 10.7 Å². The van der Waals surface area contributed by atoms with Gasteiger partial charge in [0.05, 0.1) is 24.9 Å². The number of carbonyl (C=O) groups is 2. The fourth-order valence-electron chi connectivity index (χ4n) is 6.28. The molecule has 9 nitrogen and oxygen atoms in total. The third kappa shape index (κ3) is 5.13. The molecule has 3 heterocycles. The molecule has 2 aliphatic heterocycles. The van der Waals surface area contributed by atoms with E-state index in [0.717, 1.165) is 42.8 Å². The number of anilines is 1. The molecule has 2 aliphatic rings. The van der Waals surface area contributed by atoms with Crippen LogP contribution >= 0.6 is 0 Å². The number of hydrogen-bond donors (Lipinski definition) is 0. The lowest BCUT2D eigenvalue weighted by molar-refractivity contribution is -0.134. The summed E-state index contributed by atoms with van der Waals surface area (Å²) in [5.41, 5.74) is 3.22. The van der Waals surface area contributed by atoms with Crippen molar-refractivity contribution in [1.29, 1.82) is 0 Å². The summed E-state index contributed by atoms with van der Waals surface area (Å²) in [6, 6.07) is 24.9. The molecule has 0 bridgehead atoms. The van der Waals surface area contributed by atoms with Crippen LogP contribution in [-0.4, -0.2) is 65.2 Å². The number of para-hydroxylation sites is 3. The molecule has 0 saturated carbocycles. The molecule has 1 aromatic heterocycles. The van der Waals surface area contributed by atoms with Gasteiger partial charge in [0.2, 0.25) is 5.91 Å². The summed E-state index contributed by atoms with van der Waals surface area (Å²) in [5, 5.41) is 0. The third-order valence-corrected chi connectivity index (χ3v) is 8.42. The van der Waals surface area contributed by atoms with Crippen molar-refractivity contribution >= 4 is 28.7 Å². The Hall–Kier alpha value is -4.37. The highest BCUT2D eigenvalue weighted by atomic mass is 16.5. The molecule has 3 aromatic carbocycles. The lowest BCUT2D eigenvalue weighted by atomic mass is 9.85. The normalized spacial score (nSPS) is 17.0. The van der Waals surface area contributed by atoms with Gasteiger partial charge in [0, 0.05) is 31.9 Å². The minimum absolute atomic E-state index is 0.126. The van der Waals surface area contributed by atoms with Crippen LogP contribution in [0, 0.1) is 0 Å². The molecule has 1 amide bonds. The SMILES string of the molecule is COC(=O)c1cccc(CN2CN(c3ccccc3)C3(CCN(CCCn4c(=O)oc5ccccc54)CC3)C2=O)c1. The van der Waals surface area contributed by atoms with Gasteiger partial charge in [-0.2, -0.15) is 0 Å². The zero-order chi connectivity index (χ0) is 28.4. The van der Waals surface area contributed by atoms with Crippen molar-refractivity contribution in [3.63, 3.8) is 0 Å². The van der Waals surface area contributed by atoms with E-state index >= 15 is 0 Å². The minimum atomic E-state index is -0.616. The van der Waals surface area contributed by atoms with Crippen molar-refractivity contribution in [2.24, 2.45) is 0 Å². The van der Waals surface area contributed by atoms with E-state index in [4.69, 9.17) is 9.15 Å². The van der Waals surface area contributed by atoms with Crippen molar-refractivity contribution < 1.29 is 18.7 Å². The van der Waals surface area contributed by atoms with Gasteiger partial charge in [-0.3, -0.25) is 9.36 Å². The molecule has 1 spiro atoms. The molecule has 212 valence electrons. The van der Waals surface area contributed by atoms with E-state index in [1.54, 1.807) is 16.7 Å². The van der Waals surface area contributed by atoms with Gasteiger partial charge in [-0.25, -0.2) is 9.59 Å². The Kier molecular flexibility index (Phi) is 7.36. The lowest BCUT2D eigenvalue weighted by Crippen LogP contribution is -2.56. The topological polar surface area (TPSA) is 88.2 Å². The molecular formula is C32H34N4O5. The number of fused-ring (bicyclic) bond motifs is 1. The van der Waals surface area contributed by atoms with Crippen LogP contribution in [0.1, 0.15) is 35.2 Å². The van der Waals surface area contributed by atoms with Crippen molar-refractivity contribution in [2.45, 2.75) is 37.9 Å². The molecule has 0 N–H and O–H groups in total. The van der Waals surface area contributed by atoms with Gasteiger partial charge in [0.25, 0.3) is 0 Å². The molecule has 9 heteroatoms. The summed E-state index contributed by atoms with van der Waals surface area (Å²) in [4.78, 5) is 45.0. The maximum atomic E-state index is 14.1. The highest BCUT2D eigenvalue weighted by Gasteiger charge is 2.53. The number of carbonyl (C=O) groups excluding carboxylic acids is 2. The number of oxazole rings is 1. The number of esters is 1. The molecule has 2 fully saturated rings. The zero-order valence-electron chi connectivity index (χ0n) is 23.2.